The van der Waals surface area contributed by atoms with Crippen molar-refractivity contribution in [2.24, 2.45) is 0 Å². The van der Waals surface area contributed by atoms with Crippen molar-refractivity contribution in [3.63, 3.8) is 0 Å². The Balaban J connectivity index is 2.07. The van der Waals surface area contributed by atoms with Crippen LogP contribution in [0.5, 0.6) is 0 Å². The quantitative estimate of drug-likeness (QED) is 0.870. The summed E-state index contributed by atoms with van der Waals surface area (Å²) < 4.78 is 27.6. The van der Waals surface area contributed by atoms with Gasteiger partial charge in [-0.05, 0) is 30.9 Å². The van der Waals surface area contributed by atoms with Crippen molar-refractivity contribution in [1.29, 1.82) is 0 Å². The predicted octanol–water partition coefficient (Wildman–Crippen LogP) is 0.803. The summed E-state index contributed by atoms with van der Waals surface area (Å²) in [6.45, 7) is 1.29. The summed E-state index contributed by atoms with van der Waals surface area (Å²) in [7, 11) is -3.80. The number of rotatable bonds is 3. The molecule has 1 aliphatic heterocycles. The first-order chi connectivity index (χ1) is 9.87. The first-order valence-electron chi connectivity index (χ1n) is 6.52. The van der Waals surface area contributed by atoms with E-state index in [0.717, 1.165) is 10.2 Å². The van der Waals surface area contributed by atoms with E-state index in [4.69, 9.17) is 0 Å². The van der Waals surface area contributed by atoms with E-state index in [9.17, 15) is 18.6 Å². The Morgan fingerprint density at radius 3 is 3.05 bits per heavy atom. The SMILES string of the molecule is CC1(CO)CC(O)CN1S(=O)(=O)c1cnc2ccsc2c1. The molecule has 1 fully saturated rings. The normalized spacial score (nSPS) is 27.5. The lowest BCUT2D eigenvalue weighted by Crippen LogP contribution is -2.47. The minimum Gasteiger partial charge on any atom is -0.394 e. The van der Waals surface area contributed by atoms with Crippen LogP contribution < -0.4 is 0 Å². The van der Waals surface area contributed by atoms with Gasteiger partial charge in [-0.3, -0.25) is 4.98 Å². The molecule has 3 heterocycles. The number of aliphatic hydroxyl groups is 2. The van der Waals surface area contributed by atoms with E-state index in [1.165, 1.54) is 21.8 Å². The Bertz CT molecular complexity index is 773. The minimum atomic E-state index is -3.80. The molecule has 21 heavy (non-hydrogen) atoms. The fourth-order valence-electron chi connectivity index (χ4n) is 2.71. The average Bonchev–Trinajstić information content (AvgIpc) is 3.02. The number of aliphatic hydroxyl groups excluding tert-OH is 2. The highest BCUT2D eigenvalue weighted by atomic mass is 32.2. The summed E-state index contributed by atoms with van der Waals surface area (Å²) in [5.74, 6) is 0. The van der Waals surface area contributed by atoms with Gasteiger partial charge in [0.15, 0.2) is 0 Å². The highest BCUT2D eigenvalue weighted by Crippen LogP contribution is 2.35. The van der Waals surface area contributed by atoms with E-state index >= 15 is 0 Å². The summed E-state index contributed by atoms with van der Waals surface area (Å²) in [5, 5.41) is 21.2. The fraction of sp³-hybridized carbons (Fsp3) is 0.462. The van der Waals surface area contributed by atoms with Gasteiger partial charge in [0, 0.05) is 12.7 Å². The highest BCUT2D eigenvalue weighted by Gasteiger charge is 2.47. The van der Waals surface area contributed by atoms with Crippen LogP contribution in [0.2, 0.25) is 0 Å². The zero-order chi connectivity index (χ0) is 15.3. The Labute approximate surface area is 126 Å². The molecule has 0 bridgehead atoms. The molecule has 0 amide bonds. The second-order valence-electron chi connectivity index (χ2n) is 5.52. The van der Waals surface area contributed by atoms with Crippen LogP contribution in [0.25, 0.3) is 10.2 Å². The van der Waals surface area contributed by atoms with Crippen molar-refractivity contribution in [3.8, 4) is 0 Å². The van der Waals surface area contributed by atoms with Crippen molar-refractivity contribution in [3.05, 3.63) is 23.7 Å². The zero-order valence-electron chi connectivity index (χ0n) is 11.4. The van der Waals surface area contributed by atoms with Crippen molar-refractivity contribution in [2.75, 3.05) is 13.2 Å². The molecule has 0 aromatic carbocycles. The lowest BCUT2D eigenvalue weighted by atomic mass is 10.0. The molecule has 0 radical (unpaired) electrons. The van der Waals surface area contributed by atoms with Crippen molar-refractivity contribution >= 4 is 31.6 Å². The van der Waals surface area contributed by atoms with E-state index in [2.05, 4.69) is 4.98 Å². The largest absolute Gasteiger partial charge is 0.394 e. The maximum absolute atomic E-state index is 12.8. The average molecular weight is 328 g/mol. The number of hydrogen-bond donors (Lipinski definition) is 2. The van der Waals surface area contributed by atoms with Gasteiger partial charge < -0.3 is 10.2 Å². The van der Waals surface area contributed by atoms with Crippen molar-refractivity contribution in [2.45, 2.75) is 29.9 Å². The van der Waals surface area contributed by atoms with E-state index in [1.54, 1.807) is 13.0 Å². The molecule has 2 atom stereocenters. The first-order valence-corrected chi connectivity index (χ1v) is 8.84. The number of fused-ring (bicyclic) bond motifs is 1. The first kappa shape index (κ1) is 14.9. The molecule has 114 valence electrons. The van der Waals surface area contributed by atoms with Crippen LogP contribution >= 0.6 is 11.3 Å². The number of β-amino-alcohol motifs (C(OH)–C–C–N with tert-alkyl or cyclic N) is 1. The van der Waals surface area contributed by atoms with Crippen LogP contribution in [0.15, 0.2) is 28.6 Å². The van der Waals surface area contributed by atoms with E-state index in [1.807, 2.05) is 11.4 Å². The molecule has 2 unspecified atom stereocenters. The molecule has 1 aliphatic rings. The zero-order valence-corrected chi connectivity index (χ0v) is 13.1. The van der Waals surface area contributed by atoms with Gasteiger partial charge in [-0.25, -0.2) is 8.42 Å². The molecule has 2 aromatic heterocycles. The predicted molar refractivity (Wildman–Crippen MR) is 79.6 cm³/mol. The lowest BCUT2D eigenvalue weighted by Gasteiger charge is -2.31. The van der Waals surface area contributed by atoms with Crippen LogP contribution in [0, 0.1) is 0 Å². The summed E-state index contributed by atoms with van der Waals surface area (Å²) >= 11 is 1.42. The van der Waals surface area contributed by atoms with Gasteiger partial charge in [0.25, 0.3) is 0 Å². The summed E-state index contributed by atoms with van der Waals surface area (Å²) in [6.07, 6.45) is 0.778. The second kappa shape index (κ2) is 4.99. The third-order valence-corrected chi connectivity index (χ3v) is 6.70. The lowest BCUT2D eigenvalue weighted by molar-refractivity contribution is 0.131. The standard InChI is InChI=1S/C13H16N2O4S2/c1-13(8-16)5-9(17)7-15(13)21(18,19)10-4-12-11(14-6-10)2-3-20-12/h2-4,6,9,16-17H,5,7-8H2,1H3. The highest BCUT2D eigenvalue weighted by molar-refractivity contribution is 7.89. The van der Waals surface area contributed by atoms with Gasteiger partial charge in [-0.2, -0.15) is 4.31 Å². The van der Waals surface area contributed by atoms with Crippen LogP contribution in [-0.2, 0) is 10.0 Å². The third-order valence-electron chi connectivity index (χ3n) is 3.86. The molecule has 3 rings (SSSR count). The molecule has 2 N–H and O–H groups in total. The Kier molecular flexibility index (Phi) is 3.53. The van der Waals surface area contributed by atoms with Gasteiger partial charge in [0.1, 0.15) is 4.90 Å². The molecule has 0 aliphatic carbocycles. The maximum atomic E-state index is 12.8. The number of hydrogen-bond acceptors (Lipinski definition) is 6. The van der Waals surface area contributed by atoms with Crippen LogP contribution in [0.3, 0.4) is 0 Å². The van der Waals surface area contributed by atoms with Crippen molar-refractivity contribution < 1.29 is 18.6 Å². The van der Waals surface area contributed by atoms with Crippen LogP contribution in [-0.4, -0.2) is 52.7 Å². The Morgan fingerprint density at radius 2 is 2.33 bits per heavy atom. The topological polar surface area (TPSA) is 90.7 Å². The summed E-state index contributed by atoms with van der Waals surface area (Å²) in [5.41, 5.74) is -0.229. The van der Waals surface area contributed by atoms with Crippen LogP contribution in [0.1, 0.15) is 13.3 Å². The Morgan fingerprint density at radius 1 is 1.57 bits per heavy atom. The van der Waals surface area contributed by atoms with Gasteiger partial charge in [-0.1, -0.05) is 0 Å². The Hall–Kier alpha value is -1.06. The monoisotopic (exact) mass is 328 g/mol. The maximum Gasteiger partial charge on any atom is 0.245 e. The second-order valence-corrected chi connectivity index (χ2v) is 8.33. The smallest absolute Gasteiger partial charge is 0.245 e. The molecule has 0 spiro atoms. The van der Waals surface area contributed by atoms with Gasteiger partial charge in [0.05, 0.1) is 28.5 Å². The number of nitrogens with zero attached hydrogens (tertiary/aromatic N) is 2. The molecule has 6 nitrogen and oxygen atoms in total. The van der Waals surface area contributed by atoms with Gasteiger partial charge in [0.2, 0.25) is 10.0 Å². The number of sulfonamides is 1. The molecule has 1 saturated heterocycles. The van der Waals surface area contributed by atoms with Crippen LogP contribution in [0.4, 0.5) is 0 Å². The summed E-state index contributed by atoms with van der Waals surface area (Å²) in [4.78, 5) is 4.24. The number of pyridine rings is 1. The molecular formula is C13H16N2O4S2. The number of aromatic nitrogens is 1. The molecule has 2 aromatic rings. The van der Waals surface area contributed by atoms with E-state index < -0.39 is 21.7 Å². The van der Waals surface area contributed by atoms with Gasteiger partial charge in [-0.15, -0.1) is 11.3 Å². The fourth-order valence-corrected chi connectivity index (χ4v) is 5.36. The third kappa shape index (κ3) is 2.36. The van der Waals surface area contributed by atoms with E-state index in [-0.39, 0.29) is 24.5 Å². The summed E-state index contributed by atoms with van der Waals surface area (Å²) in [6, 6.07) is 3.42. The molecule has 0 saturated carbocycles. The molecule has 8 heteroatoms. The minimum absolute atomic E-state index is 0.0120. The van der Waals surface area contributed by atoms with Crippen molar-refractivity contribution in [1.82, 2.24) is 9.29 Å². The number of thiophene rings is 1. The van der Waals surface area contributed by atoms with Gasteiger partial charge >= 0.3 is 0 Å². The molecular weight excluding hydrogens is 312 g/mol. The van der Waals surface area contributed by atoms with E-state index in [0.29, 0.717) is 0 Å².